The Morgan fingerprint density at radius 3 is 1.21 bits per heavy atom. The van der Waals surface area contributed by atoms with Gasteiger partial charge in [0, 0.05) is 6.42 Å². The molecule has 430 valence electrons. The first-order chi connectivity index (χ1) is 37.3. The summed E-state index contributed by atoms with van der Waals surface area (Å²) in [4.78, 5) is 13.0. The van der Waals surface area contributed by atoms with Gasteiger partial charge in [0.05, 0.1) is 25.4 Å². The number of hydrogen-bond acceptors (Lipinski definition) is 8. The van der Waals surface area contributed by atoms with Gasteiger partial charge in [0.1, 0.15) is 24.4 Å². The summed E-state index contributed by atoms with van der Waals surface area (Å²) in [6, 6.07) is -0.820. The number of unbranched alkanes of at least 4 members (excludes halogenated alkanes) is 17. The van der Waals surface area contributed by atoms with Crippen LogP contribution in [-0.4, -0.2) is 87.5 Å². The molecule has 1 heterocycles. The minimum Gasteiger partial charge on any atom is -0.394 e. The Morgan fingerprint density at radius 1 is 0.461 bits per heavy atom. The smallest absolute Gasteiger partial charge is 0.220 e. The number of allylic oxidation sites excluding steroid dienone is 23. The van der Waals surface area contributed by atoms with Gasteiger partial charge >= 0.3 is 0 Å². The van der Waals surface area contributed by atoms with Crippen LogP contribution in [-0.2, 0) is 14.3 Å². The monoisotopic (exact) mass is 1060 g/mol. The van der Waals surface area contributed by atoms with E-state index < -0.39 is 49.5 Å². The van der Waals surface area contributed by atoms with Gasteiger partial charge in [0.25, 0.3) is 0 Å². The topological polar surface area (TPSA) is 149 Å². The summed E-state index contributed by atoms with van der Waals surface area (Å²) in [7, 11) is 0. The van der Waals surface area contributed by atoms with E-state index in [4.69, 9.17) is 9.47 Å². The number of nitrogens with one attached hydrogen (secondary N) is 1. The average Bonchev–Trinajstić information content (AvgIpc) is 3.42. The zero-order valence-corrected chi connectivity index (χ0v) is 47.7. The van der Waals surface area contributed by atoms with E-state index in [1.165, 1.54) is 70.6 Å². The minimum atomic E-state index is -1.58. The van der Waals surface area contributed by atoms with E-state index in [0.717, 1.165) is 122 Å². The van der Waals surface area contributed by atoms with Gasteiger partial charge in [0.2, 0.25) is 5.91 Å². The van der Waals surface area contributed by atoms with E-state index in [2.05, 4.69) is 153 Å². The molecule has 9 heteroatoms. The summed E-state index contributed by atoms with van der Waals surface area (Å²) in [5.41, 5.74) is 0. The molecule has 1 fully saturated rings. The molecular weight excluding hydrogens is 947 g/mol. The van der Waals surface area contributed by atoms with Crippen molar-refractivity contribution in [1.82, 2.24) is 5.32 Å². The second-order valence-electron chi connectivity index (χ2n) is 20.1. The van der Waals surface area contributed by atoms with Crippen LogP contribution in [0.3, 0.4) is 0 Å². The Hall–Kier alpha value is -3.93. The van der Waals surface area contributed by atoms with Gasteiger partial charge < -0.3 is 40.3 Å². The molecule has 76 heavy (non-hydrogen) atoms. The second-order valence-corrected chi connectivity index (χ2v) is 20.1. The molecule has 0 bridgehead atoms. The number of carbonyl (C=O) groups is 1. The molecule has 1 aliphatic rings. The molecule has 0 aromatic carbocycles. The van der Waals surface area contributed by atoms with Crippen LogP contribution >= 0.6 is 0 Å². The molecule has 0 radical (unpaired) electrons. The van der Waals surface area contributed by atoms with Crippen molar-refractivity contribution in [2.24, 2.45) is 0 Å². The van der Waals surface area contributed by atoms with E-state index in [1.54, 1.807) is 6.08 Å². The van der Waals surface area contributed by atoms with Crippen LogP contribution in [0, 0.1) is 0 Å². The largest absolute Gasteiger partial charge is 0.394 e. The van der Waals surface area contributed by atoms with Crippen molar-refractivity contribution in [3.8, 4) is 0 Å². The fraction of sp³-hybridized carbons (Fsp3) is 0.627. The summed E-state index contributed by atoms with van der Waals surface area (Å²) >= 11 is 0. The van der Waals surface area contributed by atoms with Crippen molar-refractivity contribution in [3.05, 3.63) is 146 Å². The lowest BCUT2D eigenvalue weighted by Crippen LogP contribution is -2.60. The highest BCUT2D eigenvalue weighted by Gasteiger charge is 2.44. The number of amides is 1. The maximum atomic E-state index is 13.0. The molecule has 6 N–H and O–H groups in total. The van der Waals surface area contributed by atoms with Gasteiger partial charge in [-0.2, -0.15) is 0 Å². The molecule has 0 aliphatic carbocycles. The molecule has 0 aromatic rings. The molecule has 9 nitrogen and oxygen atoms in total. The number of hydrogen-bond donors (Lipinski definition) is 6. The third-order valence-electron chi connectivity index (χ3n) is 13.2. The fourth-order valence-corrected chi connectivity index (χ4v) is 8.45. The third-order valence-corrected chi connectivity index (χ3v) is 13.2. The molecule has 1 rings (SSSR count). The quantitative estimate of drug-likeness (QED) is 0.0261. The van der Waals surface area contributed by atoms with Crippen LogP contribution in [0.25, 0.3) is 0 Å². The predicted octanol–water partition coefficient (Wildman–Crippen LogP) is 15.5. The third kappa shape index (κ3) is 43.1. The highest BCUT2D eigenvalue weighted by Crippen LogP contribution is 2.23. The maximum Gasteiger partial charge on any atom is 0.220 e. The Morgan fingerprint density at radius 2 is 0.816 bits per heavy atom. The van der Waals surface area contributed by atoms with E-state index in [1.807, 2.05) is 6.08 Å². The minimum absolute atomic E-state index is 0.196. The summed E-state index contributed by atoms with van der Waals surface area (Å²) in [5.74, 6) is -0.196. The SMILES string of the molecule is CC/C=C\C/C=C\C/C=C\C/C=C\C/C=C\C/C=C\C/C=C\C/C=C\C/C=C\C/C=C\C/C=C\CCCCCCCCCC(=O)NC(COC1OC(CO)C(O)C(O)C1O)C(O)/C=C/CCCCCCCCCCCC. The highest BCUT2D eigenvalue weighted by molar-refractivity contribution is 5.76. The Labute approximate surface area is 463 Å². The van der Waals surface area contributed by atoms with Crippen molar-refractivity contribution >= 4 is 5.91 Å². The molecule has 1 aliphatic heterocycles. The molecule has 7 unspecified atom stereocenters. The first kappa shape index (κ1) is 70.1. The highest BCUT2D eigenvalue weighted by atomic mass is 16.7. The molecular formula is C67H109NO8. The average molecular weight is 1060 g/mol. The Balaban J connectivity index is 2.15. The van der Waals surface area contributed by atoms with Crippen LogP contribution in [0.2, 0.25) is 0 Å². The van der Waals surface area contributed by atoms with Gasteiger partial charge in [-0.25, -0.2) is 0 Å². The zero-order chi connectivity index (χ0) is 55.0. The van der Waals surface area contributed by atoms with E-state index in [0.29, 0.717) is 6.42 Å². The molecule has 1 amide bonds. The lowest BCUT2D eigenvalue weighted by atomic mass is 9.99. The van der Waals surface area contributed by atoms with Gasteiger partial charge in [0.15, 0.2) is 6.29 Å². The number of aliphatic hydroxyl groups is 5. The van der Waals surface area contributed by atoms with Crippen LogP contribution in [0.4, 0.5) is 0 Å². The first-order valence-corrected chi connectivity index (χ1v) is 30.1. The summed E-state index contributed by atoms with van der Waals surface area (Å²) in [6.07, 6.45) is 77.8. The van der Waals surface area contributed by atoms with Crippen molar-refractivity contribution < 1.29 is 39.8 Å². The molecule has 0 spiro atoms. The standard InChI is InChI=1S/C67H109NO8/c1-3-5-7-9-11-13-15-17-18-19-20-21-22-23-24-25-26-27-28-29-30-31-32-33-34-35-36-37-38-39-40-41-42-43-44-45-47-49-51-53-55-57-63(71)68-60(59-75-67-66(74)65(73)64(72)62(58-69)76-67)61(70)56-54-52-50-48-46-16-14-12-10-8-6-4-2/h5,7,11,13,17-18,20-21,23-24,26-27,29-30,32-33,35-36,38-39,41-42,54,56,60-62,64-67,69-70,72-74H,3-4,6,8-10,12,14-16,19,22,25,28,31,34,37,40,43-53,55,57-59H2,1-2H3,(H,68,71)/b7-5-,13-11-,18-17-,21-20-,24-23-,27-26-,30-29-,33-32-,36-35-,39-38-,42-41-,56-54+. The molecule has 0 aromatic heterocycles. The summed E-state index contributed by atoms with van der Waals surface area (Å²) < 4.78 is 11.2. The van der Waals surface area contributed by atoms with E-state index >= 15 is 0 Å². The second kappa shape index (κ2) is 54.4. The molecule has 7 atom stereocenters. The Kier molecular flexibility index (Phi) is 50.2. The van der Waals surface area contributed by atoms with E-state index in [9.17, 15) is 30.3 Å². The fourth-order valence-electron chi connectivity index (χ4n) is 8.45. The normalized spacial score (nSPS) is 19.9. The zero-order valence-electron chi connectivity index (χ0n) is 47.7. The van der Waals surface area contributed by atoms with Gasteiger partial charge in [-0.15, -0.1) is 0 Å². The Bertz CT molecular complexity index is 1700. The van der Waals surface area contributed by atoms with Crippen LogP contribution in [0.15, 0.2) is 146 Å². The van der Waals surface area contributed by atoms with Crippen molar-refractivity contribution in [2.75, 3.05) is 13.2 Å². The maximum absolute atomic E-state index is 13.0. The number of rotatable bonds is 49. The number of ether oxygens (including phenoxy) is 2. The summed E-state index contributed by atoms with van der Waals surface area (Å²) in [6.45, 7) is 3.63. The van der Waals surface area contributed by atoms with Gasteiger partial charge in [-0.3, -0.25) is 4.79 Å². The van der Waals surface area contributed by atoms with Crippen molar-refractivity contribution in [3.63, 3.8) is 0 Å². The van der Waals surface area contributed by atoms with Crippen LogP contribution in [0.5, 0.6) is 0 Å². The van der Waals surface area contributed by atoms with Crippen molar-refractivity contribution in [1.29, 1.82) is 0 Å². The van der Waals surface area contributed by atoms with Crippen LogP contribution < -0.4 is 5.32 Å². The number of aliphatic hydroxyl groups excluding tert-OH is 5. The van der Waals surface area contributed by atoms with Crippen molar-refractivity contribution in [2.45, 2.75) is 256 Å². The number of carbonyl (C=O) groups excluding carboxylic acids is 1. The van der Waals surface area contributed by atoms with E-state index in [-0.39, 0.29) is 12.5 Å². The summed E-state index contributed by atoms with van der Waals surface area (Å²) in [5, 5.41) is 54.4. The first-order valence-electron chi connectivity index (χ1n) is 30.1. The van der Waals surface area contributed by atoms with Gasteiger partial charge in [-0.05, 0) is 103 Å². The molecule has 0 saturated carbocycles. The lowest BCUT2D eigenvalue weighted by Gasteiger charge is -2.40. The van der Waals surface area contributed by atoms with Gasteiger partial charge in [-0.1, -0.05) is 250 Å². The lowest BCUT2D eigenvalue weighted by molar-refractivity contribution is -0.302. The molecule has 1 saturated heterocycles. The van der Waals surface area contributed by atoms with Crippen LogP contribution in [0.1, 0.15) is 213 Å². The predicted molar refractivity (Wildman–Crippen MR) is 322 cm³/mol.